The van der Waals surface area contributed by atoms with Crippen molar-refractivity contribution in [3.8, 4) is 0 Å². The van der Waals surface area contributed by atoms with Crippen LogP contribution in [0.25, 0.3) is 0 Å². The summed E-state index contributed by atoms with van der Waals surface area (Å²) in [6.07, 6.45) is 8.25. The molecule has 2 aliphatic rings. The van der Waals surface area contributed by atoms with Crippen LogP contribution in [0.5, 0.6) is 0 Å². The first-order chi connectivity index (χ1) is 9.55. The zero-order valence-corrected chi connectivity index (χ0v) is 12.5. The summed E-state index contributed by atoms with van der Waals surface area (Å²) in [5.41, 5.74) is 1.71. The third kappa shape index (κ3) is 2.69. The van der Waals surface area contributed by atoms with E-state index in [0.717, 1.165) is 36.7 Å². The first-order valence-corrected chi connectivity index (χ1v) is 7.69. The second-order valence-electron chi connectivity index (χ2n) is 6.87. The number of nitrogens with zero attached hydrogens (tertiary/aromatic N) is 3. The third-order valence-electron chi connectivity index (χ3n) is 4.33. The van der Waals surface area contributed by atoms with Crippen LogP contribution < -0.4 is 4.90 Å². The van der Waals surface area contributed by atoms with E-state index in [4.69, 9.17) is 4.98 Å². The van der Waals surface area contributed by atoms with E-state index in [1.54, 1.807) is 6.20 Å². The Hall–Kier alpha value is -1.45. The van der Waals surface area contributed by atoms with Gasteiger partial charge in [0.1, 0.15) is 0 Å². The minimum Gasteiger partial charge on any atom is -0.341 e. The summed E-state index contributed by atoms with van der Waals surface area (Å²) in [6, 6.07) is 0. The number of ketones is 1. The summed E-state index contributed by atoms with van der Waals surface area (Å²) >= 11 is 0. The van der Waals surface area contributed by atoms with Gasteiger partial charge in [0.15, 0.2) is 5.78 Å². The largest absolute Gasteiger partial charge is 0.341 e. The number of fused-ring (bicyclic) bond motifs is 1. The molecule has 0 N–H and O–H groups in total. The Morgan fingerprint density at radius 2 is 1.80 bits per heavy atom. The molecule has 4 nitrogen and oxygen atoms in total. The topological polar surface area (TPSA) is 46.1 Å². The summed E-state index contributed by atoms with van der Waals surface area (Å²) in [4.78, 5) is 23.6. The molecule has 1 aliphatic carbocycles. The fourth-order valence-corrected chi connectivity index (χ4v) is 3.24. The summed E-state index contributed by atoms with van der Waals surface area (Å²) in [5, 5.41) is 0. The Labute approximate surface area is 120 Å². The fourth-order valence-electron chi connectivity index (χ4n) is 3.24. The molecule has 1 aliphatic heterocycles. The molecule has 1 aromatic rings. The molecule has 3 rings (SSSR count). The van der Waals surface area contributed by atoms with E-state index < -0.39 is 0 Å². The molecule has 0 spiro atoms. The van der Waals surface area contributed by atoms with Gasteiger partial charge in [-0.25, -0.2) is 9.97 Å². The molecule has 0 amide bonds. The van der Waals surface area contributed by atoms with Crippen molar-refractivity contribution in [3.05, 3.63) is 17.5 Å². The molecule has 20 heavy (non-hydrogen) atoms. The highest BCUT2D eigenvalue weighted by atomic mass is 16.1. The van der Waals surface area contributed by atoms with Gasteiger partial charge in [-0.3, -0.25) is 4.79 Å². The molecule has 1 saturated heterocycles. The third-order valence-corrected chi connectivity index (χ3v) is 4.33. The van der Waals surface area contributed by atoms with Gasteiger partial charge < -0.3 is 4.90 Å². The Balaban J connectivity index is 1.90. The summed E-state index contributed by atoms with van der Waals surface area (Å²) in [6.45, 7) is 6.36. The number of carbonyl (C=O) groups excluding carboxylic acids is 1. The smallest absolute Gasteiger partial charge is 0.225 e. The monoisotopic (exact) mass is 273 g/mol. The van der Waals surface area contributed by atoms with Crippen LogP contribution in [0.15, 0.2) is 6.20 Å². The number of carbonyl (C=O) groups is 1. The lowest BCUT2D eigenvalue weighted by Gasteiger charge is -2.30. The zero-order valence-electron chi connectivity index (χ0n) is 12.5. The molecule has 108 valence electrons. The maximum Gasteiger partial charge on any atom is 0.225 e. The van der Waals surface area contributed by atoms with Gasteiger partial charge in [-0.1, -0.05) is 26.7 Å². The molecule has 2 heterocycles. The van der Waals surface area contributed by atoms with Gasteiger partial charge in [0.2, 0.25) is 5.95 Å². The molecule has 0 aromatic carbocycles. The van der Waals surface area contributed by atoms with Gasteiger partial charge in [-0.05, 0) is 24.7 Å². The lowest BCUT2D eigenvalue weighted by atomic mass is 9.76. The summed E-state index contributed by atoms with van der Waals surface area (Å²) in [7, 11) is 0. The van der Waals surface area contributed by atoms with Crippen LogP contribution >= 0.6 is 0 Å². The second kappa shape index (κ2) is 5.15. The van der Waals surface area contributed by atoms with Crippen LogP contribution in [-0.2, 0) is 6.42 Å². The van der Waals surface area contributed by atoms with Crippen molar-refractivity contribution in [2.75, 3.05) is 18.0 Å². The molecule has 1 fully saturated rings. The number of Topliss-reactive ketones (excluding diaryl/α,β-unsaturated/α-hetero) is 1. The van der Waals surface area contributed by atoms with Crippen molar-refractivity contribution in [1.29, 1.82) is 0 Å². The lowest BCUT2D eigenvalue weighted by Crippen LogP contribution is -2.31. The molecule has 0 bridgehead atoms. The summed E-state index contributed by atoms with van der Waals surface area (Å²) in [5.74, 6) is 1.01. The molecule has 0 atom stereocenters. The molecule has 0 saturated carbocycles. The van der Waals surface area contributed by atoms with Crippen molar-refractivity contribution in [2.45, 2.75) is 52.4 Å². The van der Waals surface area contributed by atoms with Crippen LogP contribution in [-0.4, -0.2) is 28.8 Å². The molecular formula is C16H23N3O. The number of rotatable bonds is 1. The van der Waals surface area contributed by atoms with Crippen molar-refractivity contribution >= 4 is 11.7 Å². The number of hydrogen-bond donors (Lipinski definition) is 0. The predicted octanol–water partition coefficient (Wildman–Crippen LogP) is 3.01. The van der Waals surface area contributed by atoms with Crippen molar-refractivity contribution < 1.29 is 4.79 Å². The normalized spacial score (nSPS) is 22.3. The minimum absolute atomic E-state index is 0.0223. The van der Waals surface area contributed by atoms with E-state index in [1.165, 1.54) is 25.7 Å². The van der Waals surface area contributed by atoms with Gasteiger partial charge in [0.05, 0.1) is 11.3 Å². The quantitative estimate of drug-likeness (QED) is 0.789. The summed E-state index contributed by atoms with van der Waals surface area (Å²) < 4.78 is 0. The van der Waals surface area contributed by atoms with Crippen molar-refractivity contribution in [1.82, 2.24) is 9.97 Å². The molecule has 4 heteroatoms. The number of anilines is 1. The van der Waals surface area contributed by atoms with Crippen LogP contribution in [0.2, 0.25) is 0 Å². The molecule has 0 unspecified atom stereocenters. The van der Waals surface area contributed by atoms with Gasteiger partial charge in [0, 0.05) is 25.7 Å². The molecule has 1 aromatic heterocycles. The highest BCUT2D eigenvalue weighted by molar-refractivity contribution is 5.98. The van der Waals surface area contributed by atoms with Gasteiger partial charge in [-0.2, -0.15) is 0 Å². The molecular weight excluding hydrogens is 250 g/mol. The Bertz CT molecular complexity index is 516. The lowest BCUT2D eigenvalue weighted by molar-refractivity contribution is 0.0909. The number of hydrogen-bond acceptors (Lipinski definition) is 4. The maximum atomic E-state index is 12.2. The fraction of sp³-hybridized carbons (Fsp3) is 0.688. The first kappa shape index (κ1) is 13.5. The predicted molar refractivity (Wildman–Crippen MR) is 79.1 cm³/mol. The Kier molecular flexibility index (Phi) is 3.48. The zero-order chi connectivity index (χ0) is 14.2. The maximum absolute atomic E-state index is 12.2. The Morgan fingerprint density at radius 1 is 1.10 bits per heavy atom. The first-order valence-electron chi connectivity index (χ1n) is 7.69. The second-order valence-corrected chi connectivity index (χ2v) is 6.87. The van der Waals surface area contributed by atoms with Crippen molar-refractivity contribution in [2.24, 2.45) is 5.41 Å². The highest BCUT2D eigenvalue weighted by Crippen LogP contribution is 2.34. The highest BCUT2D eigenvalue weighted by Gasteiger charge is 2.32. The standard InChI is InChI=1S/C16H23N3O/c1-16(2)9-13-12(14(20)10-16)11-17-15(18-13)19-7-5-3-4-6-8-19/h11H,3-10H2,1-2H3. The average molecular weight is 273 g/mol. The van der Waals surface area contributed by atoms with E-state index in [1.807, 2.05) is 0 Å². The van der Waals surface area contributed by atoms with Crippen LogP contribution in [0.1, 0.15) is 62.0 Å². The average Bonchev–Trinajstić information content (AvgIpc) is 2.65. The molecule has 0 radical (unpaired) electrons. The van der Waals surface area contributed by atoms with E-state index in [9.17, 15) is 4.79 Å². The van der Waals surface area contributed by atoms with E-state index in [0.29, 0.717) is 6.42 Å². The SMILES string of the molecule is CC1(C)CC(=O)c2cnc(N3CCCCCC3)nc2C1. The minimum atomic E-state index is 0.0223. The van der Waals surface area contributed by atoms with E-state index >= 15 is 0 Å². The van der Waals surface area contributed by atoms with Crippen molar-refractivity contribution in [3.63, 3.8) is 0 Å². The van der Waals surface area contributed by atoms with Gasteiger partial charge in [-0.15, -0.1) is 0 Å². The van der Waals surface area contributed by atoms with E-state index in [-0.39, 0.29) is 11.2 Å². The van der Waals surface area contributed by atoms with Crippen LogP contribution in [0, 0.1) is 5.41 Å². The van der Waals surface area contributed by atoms with Gasteiger partial charge in [0.25, 0.3) is 0 Å². The van der Waals surface area contributed by atoms with Crippen LogP contribution in [0.4, 0.5) is 5.95 Å². The van der Waals surface area contributed by atoms with Crippen LogP contribution in [0.3, 0.4) is 0 Å². The number of aromatic nitrogens is 2. The Morgan fingerprint density at radius 3 is 2.50 bits per heavy atom. The van der Waals surface area contributed by atoms with E-state index in [2.05, 4.69) is 23.7 Å². The van der Waals surface area contributed by atoms with Gasteiger partial charge >= 0.3 is 0 Å².